The van der Waals surface area contributed by atoms with E-state index in [9.17, 15) is 9.59 Å². The van der Waals surface area contributed by atoms with Gasteiger partial charge in [-0.05, 0) is 48.7 Å². The van der Waals surface area contributed by atoms with Crippen LogP contribution in [0.1, 0.15) is 18.9 Å². The number of aryl methyl sites for hydroxylation is 1. The van der Waals surface area contributed by atoms with Crippen molar-refractivity contribution >= 4 is 28.9 Å². The Morgan fingerprint density at radius 3 is 2.56 bits per heavy atom. The van der Waals surface area contributed by atoms with Crippen molar-refractivity contribution in [2.75, 3.05) is 35.3 Å². The first-order valence-corrected chi connectivity index (χ1v) is 8.51. The molecule has 2 amide bonds. The second-order valence-electron chi connectivity index (χ2n) is 6.33. The van der Waals surface area contributed by atoms with Gasteiger partial charge in [-0.1, -0.05) is 18.2 Å². The number of rotatable bonds is 4. The average Bonchev–Trinajstić information content (AvgIpc) is 2.62. The Kier molecular flexibility index (Phi) is 5.03. The summed E-state index contributed by atoms with van der Waals surface area (Å²) in [7, 11) is 1.73. The number of benzene rings is 2. The van der Waals surface area contributed by atoms with Crippen LogP contribution in [-0.2, 0) is 16.0 Å². The zero-order valence-corrected chi connectivity index (χ0v) is 14.7. The van der Waals surface area contributed by atoms with Crippen LogP contribution in [0.5, 0.6) is 0 Å². The molecule has 1 heterocycles. The van der Waals surface area contributed by atoms with E-state index in [0.717, 1.165) is 36.4 Å². The molecule has 0 atom stereocenters. The fourth-order valence-electron chi connectivity index (χ4n) is 3.10. The molecule has 5 heteroatoms. The van der Waals surface area contributed by atoms with E-state index in [-0.39, 0.29) is 11.8 Å². The van der Waals surface area contributed by atoms with Crippen LogP contribution in [0, 0.1) is 0 Å². The molecule has 1 aliphatic heterocycles. The van der Waals surface area contributed by atoms with E-state index in [1.807, 2.05) is 36.4 Å². The number of anilines is 3. The van der Waals surface area contributed by atoms with Crippen LogP contribution in [0.3, 0.4) is 0 Å². The summed E-state index contributed by atoms with van der Waals surface area (Å²) in [5.41, 5.74) is 3.99. The number of nitrogens with zero attached hydrogens (tertiary/aromatic N) is 2. The molecular weight excluding hydrogens is 314 g/mol. The Morgan fingerprint density at radius 1 is 1.12 bits per heavy atom. The maximum atomic E-state index is 12.4. The first kappa shape index (κ1) is 17.0. The molecule has 1 aliphatic rings. The topological polar surface area (TPSA) is 52.7 Å². The molecule has 0 saturated heterocycles. The summed E-state index contributed by atoms with van der Waals surface area (Å²) >= 11 is 0. The molecule has 0 unspecified atom stereocenters. The van der Waals surface area contributed by atoms with Gasteiger partial charge >= 0.3 is 0 Å². The van der Waals surface area contributed by atoms with Crippen LogP contribution in [0.25, 0.3) is 0 Å². The van der Waals surface area contributed by atoms with Gasteiger partial charge in [0, 0.05) is 37.6 Å². The first-order valence-electron chi connectivity index (χ1n) is 8.51. The molecule has 0 aliphatic carbocycles. The van der Waals surface area contributed by atoms with Gasteiger partial charge in [-0.2, -0.15) is 0 Å². The Hall–Kier alpha value is -2.82. The van der Waals surface area contributed by atoms with Gasteiger partial charge in [-0.25, -0.2) is 0 Å². The molecule has 5 nitrogen and oxygen atoms in total. The normalized spacial score (nSPS) is 13.1. The molecule has 25 heavy (non-hydrogen) atoms. The molecule has 0 bridgehead atoms. The number of hydrogen-bond acceptors (Lipinski definition) is 3. The molecule has 2 aromatic rings. The van der Waals surface area contributed by atoms with E-state index in [1.165, 1.54) is 12.5 Å². The van der Waals surface area contributed by atoms with Crippen LogP contribution in [0.4, 0.5) is 17.1 Å². The minimum absolute atomic E-state index is 0.0273. The van der Waals surface area contributed by atoms with Crippen molar-refractivity contribution in [3.63, 3.8) is 0 Å². The zero-order valence-electron chi connectivity index (χ0n) is 14.7. The maximum Gasteiger partial charge on any atom is 0.243 e. The van der Waals surface area contributed by atoms with Gasteiger partial charge in [0.2, 0.25) is 11.8 Å². The Balaban J connectivity index is 1.63. The molecule has 0 aromatic heterocycles. The predicted octanol–water partition coefficient (Wildman–Crippen LogP) is 3.06. The Labute approximate surface area is 148 Å². The van der Waals surface area contributed by atoms with E-state index in [4.69, 9.17) is 0 Å². The van der Waals surface area contributed by atoms with Crippen LogP contribution >= 0.6 is 0 Å². The van der Waals surface area contributed by atoms with Crippen LogP contribution in [-0.4, -0.2) is 32.0 Å². The SMILES string of the molecule is CC(=O)N(C)c1ccc(NC(=O)CN2CCCc3ccccc32)cc1. The minimum Gasteiger partial charge on any atom is -0.362 e. The highest BCUT2D eigenvalue weighted by molar-refractivity contribution is 5.95. The maximum absolute atomic E-state index is 12.4. The van der Waals surface area contributed by atoms with E-state index >= 15 is 0 Å². The predicted molar refractivity (Wildman–Crippen MR) is 101 cm³/mol. The van der Waals surface area contributed by atoms with Crippen LogP contribution in [0.15, 0.2) is 48.5 Å². The molecule has 3 rings (SSSR count). The van der Waals surface area contributed by atoms with Gasteiger partial charge in [0.05, 0.1) is 6.54 Å². The molecule has 0 saturated carbocycles. The van der Waals surface area contributed by atoms with E-state index in [0.29, 0.717) is 6.54 Å². The van der Waals surface area contributed by atoms with Gasteiger partial charge in [0.25, 0.3) is 0 Å². The number of hydrogen-bond donors (Lipinski definition) is 1. The lowest BCUT2D eigenvalue weighted by Crippen LogP contribution is -2.36. The molecule has 0 radical (unpaired) electrons. The molecule has 2 aromatic carbocycles. The van der Waals surface area contributed by atoms with Gasteiger partial charge in [-0.15, -0.1) is 0 Å². The third-order valence-corrected chi connectivity index (χ3v) is 4.55. The summed E-state index contributed by atoms with van der Waals surface area (Å²) in [6.07, 6.45) is 2.13. The summed E-state index contributed by atoms with van der Waals surface area (Å²) in [5.74, 6) is -0.0649. The van der Waals surface area contributed by atoms with Crippen molar-refractivity contribution in [1.82, 2.24) is 0 Å². The number of carbonyl (C=O) groups excluding carboxylic acids is 2. The Morgan fingerprint density at radius 2 is 1.84 bits per heavy atom. The third kappa shape index (κ3) is 3.99. The lowest BCUT2D eigenvalue weighted by atomic mass is 10.0. The number of fused-ring (bicyclic) bond motifs is 1. The number of carbonyl (C=O) groups is 2. The van der Waals surface area contributed by atoms with Crippen LogP contribution < -0.4 is 15.1 Å². The van der Waals surface area contributed by atoms with Crippen molar-refractivity contribution in [2.24, 2.45) is 0 Å². The average molecular weight is 337 g/mol. The van der Waals surface area contributed by atoms with Gasteiger partial charge in [0.15, 0.2) is 0 Å². The number of nitrogens with one attached hydrogen (secondary N) is 1. The minimum atomic E-state index is -0.0376. The summed E-state index contributed by atoms with van der Waals surface area (Å²) in [6.45, 7) is 2.75. The number of amides is 2. The smallest absolute Gasteiger partial charge is 0.243 e. The molecule has 0 fully saturated rings. The van der Waals surface area contributed by atoms with Crippen molar-refractivity contribution in [3.05, 3.63) is 54.1 Å². The zero-order chi connectivity index (χ0) is 17.8. The molecule has 0 spiro atoms. The van der Waals surface area contributed by atoms with Crippen LogP contribution in [0.2, 0.25) is 0 Å². The largest absolute Gasteiger partial charge is 0.362 e. The van der Waals surface area contributed by atoms with E-state index in [2.05, 4.69) is 22.3 Å². The summed E-state index contributed by atoms with van der Waals surface area (Å²) in [4.78, 5) is 27.5. The summed E-state index contributed by atoms with van der Waals surface area (Å²) in [6, 6.07) is 15.5. The number of para-hydroxylation sites is 1. The highest BCUT2D eigenvalue weighted by Gasteiger charge is 2.18. The standard InChI is InChI=1S/C20H23N3O2/c1-15(24)22(2)18-11-9-17(10-12-18)21-20(25)14-23-13-5-7-16-6-3-4-8-19(16)23/h3-4,6,8-12H,5,7,13-14H2,1-2H3,(H,21,25). The highest BCUT2D eigenvalue weighted by atomic mass is 16.2. The first-order chi connectivity index (χ1) is 12.0. The molecular formula is C20H23N3O2. The van der Waals surface area contributed by atoms with Crippen molar-refractivity contribution in [1.29, 1.82) is 0 Å². The summed E-state index contributed by atoms with van der Waals surface area (Å²) < 4.78 is 0. The quantitative estimate of drug-likeness (QED) is 0.933. The van der Waals surface area contributed by atoms with E-state index < -0.39 is 0 Å². The fraction of sp³-hybridized carbons (Fsp3) is 0.300. The second-order valence-corrected chi connectivity index (χ2v) is 6.33. The fourth-order valence-corrected chi connectivity index (χ4v) is 3.10. The van der Waals surface area contributed by atoms with Crippen molar-refractivity contribution < 1.29 is 9.59 Å². The monoisotopic (exact) mass is 337 g/mol. The lowest BCUT2D eigenvalue weighted by molar-refractivity contribution is -0.116. The van der Waals surface area contributed by atoms with E-state index in [1.54, 1.807) is 11.9 Å². The second kappa shape index (κ2) is 7.38. The molecule has 1 N–H and O–H groups in total. The highest BCUT2D eigenvalue weighted by Crippen LogP contribution is 2.26. The van der Waals surface area contributed by atoms with Crippen molar-refractivity contribution in [3.8, 4) is 0 Å². The Bertz CT molecular complexity index is 771. The van der Waals surface area contributed by atoms with Crippen molar-refractivity contribution in [2.45, 2.75) is 19.8 Å². The summed E-state index contributed by atoms with van der Waals surface area (Å²) in [5, 5.41) is 2.93. The van der Waals surface area contributed by atoms with Gasteiger partial charge in [-0.3, -0.25) is 9.59 Å². The molecule has 130 valence electrons. The lowest BCUT2D eigenvalue weighted by Gasteiger charge is -2.30. The van der Waals surface area contributed by atoms with Gasteiger partial charge < -0.3 is 15.1 Å². The van der Waals surface area contributed by atoms with Gasteiger partial charge in [0.1, 0.15) is 0 Å². The third-order valence-electron chi connectivity index (χ3n) is 4.55.